The van der Waals surface area contributed by atoms with Crippen LogP contribution in [0.2, 0.25) is 0 Å². The van der Waals surface area contributed by atoms with Crippen molar-refractivity contribution in [2.24, 2.45) is 0 Å². The topological polar surface area (TPSA) is 38.3 Å². The first-order valence-electron chi connectivity index (χ1n) is 7.25. The summed E-state index contributed by atoms with van der Waals surface area (Å²) in [6.07, 6.45) is 0. The van der Waals surface area contributed by atoms with Crippen LogP contribution < -0.4 is 5.32 Å². The zero-order valence-corrected chi connectivity index (χ0v) is 12.5. The second-order valence-corrected chi connectivity index (χ2v) is 4.93. The van der Waals surface area contributed by atoms with Crippen LogP contribution in [-0.4, -0.2) is 12.6 Å². The molecule has 0 fully saturated rings. The highest BCUT2D eigenvalue weighted by Gasteiger charge is 2.08. The highest BCUT2D eigenvalue weighted by Crippen LogP contribution is 2.15. The van der Waals surface area contributed by atoms with Crippen molar-refractivity contribution in [3.05, 3.63) is 71.3 Å². The van der Waals surface area contributed by atoms with Gasteiger partial charge in [0.2, 0.25) is 0 Å². The molecule has 3 nitrogen and oxygen atoms in total. The third-order valence-corrected chi connectivity index (χ3v) is 3.38. The number of esters is 1. The van der Waals surface area contributed by atoms with Gasteiger partial charge in [0, 0.05) is 12.6 Å². The van der Waals surface area contributed by atoms with E-state index in [2.05, 4.69) is 24.4 Å². The van der Waals surface area contributed by atoms with Crippen molar-refractivity contribution in [1.29, 1.82) is 0 Å². The Morgan fingerprint density at radius 3 is 2.38 bits per heavy atom. The van der Waals surface area contributed by atoms with E-state index in [1.54, 1.807) is 0 Å². The third-order valence-electron chi connectivity index (χ3n) is 3.38. The van der Waals surface area contributed by atoms with Crippen molar-refractivity contribution in [3.63, 3.8) is 0 Å². The molecule has 0 saturated carbocycles. The summed E-state index contributed by atoms with van der Waals surface area (Å²) in [5.74, 6) is -0.269. The van der Waals surface area contributed by atoms with E-state index >= 15 is 0 Å². The van der Waals surface area contributed by atoms with Crippen LogP contribution in [0.1, 0.15) is 41.4 Å². The second-order valence-electron chi connectivity index (χ2n) is 4.93. The Morgan fingerprint density at radius 1 is 1.10 bits per heavy atom. The van der Waals surface area contributed by atoms with Gasteiger partial charge in [-0.15, -0.1) is 0 Å². The first kappa shape index (κ1) is 15.3. The fourth-order valence-electron chi connectivity index (χ4n) is 2.11. The quantitative estimate of drug-likeness (QED) is 0.821. The molecule has 0 aliphatic heterocycles. The molecule has 0 aromatic heterocycles. The van der Waals surface area contributed by atoms with E-state index in [-0.39, 0.29) is 12.0 Å². The van der Waals surface area contributed by atoms with Gasteiger partial charge in [-0.05, 0) is 37.1 Å². The maximum atomic E-state index is 11.6. The van der Waals surface area contributed by atoms with Crippen molar-refractivity contribution in [1.82, 2.24) is 5.32 Å². The molecule has 2 rings (SSSR count). The number of carbonyl (C=O) groups is 1. The Morgan fingerprint density at radius 2 is 1.76 bits per heavy atom. The van der Waals surface area contributed by atoms with E-state index in [0.717, 1.165) is 12.1 Å². The molecule has 1 N–H and O–H groups in total. The molecular formula is C18H21NO2. The average Bonchev–Trinajstić information content (AvgIpc) is 2.54. The van der Waals surface area contributed by atoms with E-state index in [4.69, 9.17) is 4.74 Å². The van der Waals surface area contributed by atoms with Crippen LogP contribution in [0.5, 0.6) is 0 Å². The molecular weight excluding hydrogens is 262 g/mol. The summed E-state index contributed by atoms with van der Waals surface area (Å²) in [6, 6.07) is 18.1. The maximum Gasteiger partial charge on any atom is 0.338 e. The number of ether oxygens (including phenoxy) is 1. The summed E-state index contributed by atoms with van der Waals surface area (Å²) in [7, 11) is 0. The highest BCUT2D eigenvalue weighted by molar-refractivity contribution is 5.89. The normalized spacial score (nSPS) is 11.9. The van der Waals surface area contributed by atoms with Gasteiger partial charge in [0.25, 0.3) is 0 Å². The van der Waals surface area contributed by atoms with Crippen LogP contribution in [0.15, 0.2) is 54.6 Å². The summed E-state index contributed by atoms with van der Waals surface area (Å²) < 4.78 is 4.98. The molecule has 2 aromatic rings. The molecule has 110 valence electrons. The predicted molar refractivity (Wildman–Crippen MR) is 84.1 cm³/mol. The molecule has 0 spiro atoms. The van der Waals surface area contributed by atoms with Gasteiger partial charge >= 0.3 is 5.97 Å². The number of carbonyl (C=O) groups excluding carboxylic acids is 1. The number of benzene rings is 2. The number of nitrogens with one attached hydrogen (secondary N) is 1. The fourth-order valence-corrected chi connectivity index (χ4v) is 2.11. The van der Waals surface area contributed by atoms with E-state index in [0.29, 0.717) is 12.2 Å². The zero-order valence-electron chi connectivity index (χ0n) is 12.5. The van der Waals surface area contributed by atoms with Gasteiger partial charge in [0.05, 0.1) is 12.2 Å². The minimum absolute atomic E-state index is 0.224. The maximum absolute atomic E-state index is 11.6. The standard InChI is InChI=1S/C18H21NO2/c1-3-21-18(20)17-11-9-16(10-12-17)14(2)19-13-15-7-5-4-6-8-15/h4-12,14,19H,3,13H2,1-2H3/t14-/m0/s1. The highest BCUT2D eigenvalue weighted by atomic mass is 16.5. The van der Waals surface area contributed by atoms with E-state index in [1.807, 2.05) is 49.4 Å². The summed E-state index contributed by atoms with van der Waals surface area (Å²) >= 11 is 0. The second kappa shape index (κ2) is 7.60. The van der Waals surface area contributed by atoms with Gasteiger partial charge in [-0.3, -0.25) is 0 Å². The fraction of sp³-hybridized carbons (Fsp3) is 0.278. The molecule has 21 heavy (non-hydrogen) atoms. The van der Waals surface area contributed by atoms with Crippen molar-refractivity contribution in [3.8, 4) is 0 Å². The SMILES string of the molecule is CCOC(=O)c1ccc([C@H](C)NCc2ccccc2)cc1. The van der Waals surface area contributed by atoms with Gasteiger partial charge in [-0.25, -0.2) is 4.79 Å². The molecule has 0 aliphatic carbocycles. The molecule has 1 atom stereocenters. The molecule has 2 aromatic carbocycles. The lowest BCUT2D eigenvalue weighted by Gasteiger charge is -2.14. The van der Waals surface area contributed by atoms with Gasteiger partial charge in [0.15, 0.2) is 0 Å². The monoisotopic (exact) mass is 283 g/mol. The number of hydrogen-bond donors (Lipinski definition) is 1. The number of hydrogen-bond acceptors (Lipinski definition) is 3. The van der Waals surface area contributed by atoms with Crippen molar-refractivity contribution in [2.45, 2.75) is 26.4 Å². The van der Waals surface area contributed by atoms with Gasteiger partial charge in [-0.1, -0.05) is 42.5 Å². The molecule has 0 bridgehead atoms. The lowest BCUT2D eigenvalue weighted by Crippen LogP contribution is -2.18. The minimum Gasteiger partial charge on any atom is -0.462 e. The summed E-state index contributed by atoms with van der Waals surface area (Å²) in [5, 5.41) is 3.47. The Balaban J connectivity index is 1.93. The van der Waals surface area contributed by atoms with Crippen molar-refractivity contribution < 1.29 is 9.53 Å². The Kier molecular flexibility index (Phi) is 5.52. The van der Waals surface area contributed by atoms with Crippen LogP contribution in [0.4, 0.5) is 0 Å². The molecule has 0 unspecified atom stereocenters. The van der Waals surface area contributed by atoms with E-state index in [1.165, 1.54) is 5.56 Å². The average molecular weight is 283 g/mol. The largest absolute Gasteiger partial charge is 0.462 e. The Labute approximate surface area is 126 Å². The van der Waals surface area contributed by atoms with E-state index in [9.17, 15) is 4.79 Å². The van der Waals surface area contributed by atoms with Gasteiger partial charge < -0.3 is 10.1 Å². The summed E-state index contributed by atoms with van der Waals surface area (Å²) in [4.78, 5) is 11.6. The summed E-state index contributed by atoms with van der Waals surface area (Å²) in [5.41, 5.74) is 3.00. The van der Waals surface area contributed by atoms with Crippen LogP contribution in [0.3, 0.4) is 0 Å². The predicted octanol–water partition coefficient (Wildman–Crippen LogP) is 3.71. The smallest absolute Gasteiger partial charge is 0.338 e. The van der Waals surface area contributed by atoms with E-state index < -0.39 is 0 Å². The van der Waals surface area contributed by atoms with Crippen LogP contribution >= 0.6 is 0 Å². The Hall–Kier alpha value is -2.13. The lowest BCUT2D eigenvalue weighted by molar-refractivity contribution is 0.0526. The molecule has 0 heterocycles. The van der Waals surface area contributed by atoms with Crippen LogP contribution in [0.25, 0.3) is 0 Å². The molecule has 3 heteroatoms. The first-order valence-corrected chi connectivity index (χ1v) is 7.25. The minimum atomic E-state index is -0.269. The lowest BCUT2D eigenvalue weighted by atomic mass is 10.1. The first-order chi connectivity index (χ1) is 10.2. The molecule has 0 radical (unpaired) electrons. The van der Waals surface area contributed by atoms with Gasteiger partial charge in [0.1, 0.15) is 0 Å². The van der Waals surface area contributed by atoms with Gasteiger partial charge in [-0.2, -0.15) is 0 Å². The molecule has 0 saturated heterocycles. The molecule has 0 aliphatic rings. The third kappa shape index (κ3) is 4.43. The zero-order chi connectivity index (χ0) is 15.1. The summed E-state index contributed by atoms with van der Waals surface area (Å²) in [6.45, 7) is 5.14. The Bertz CT molecular complexity index is 564. The van der Waals surface area contributed by atoms with Crippen LogP contribution in [0, 0.1) is 0 Å². The number of rotatable bonds is 6. The van der Waals surface area contributed by atoms with Crippen molar-refractivity contribution >= 4 is 5.97 Å². The van der Waals surface area contributed by atoms with Crippen molar-refractivity contribution in [2.75, 3.05) is 6.61 Å². The van der Waals surface area contributed by atoms with Crippen LogP contribution in [-0.2, 0) is 11.3 Å². The molecule has 0 amide bonds.